The number of rotatable bonds is 11. The van der Waals surface area contributed by atoms with Crippen molar-refractivity contribution in [1.29, 1.82) is 0 Å². The van der Waals surface area contributed by atoms with E-state index in [-0.39, 0.29) is 36.8 Å². The van der Waals surface area contributed by atoms with Gasteiger partial charge in [0.2, 0.25) is 17.5 Å². The third-order valence-electron chi connectivity index (χ3n) is 6.49. The fourth-order valence-electron chi connectivity index (χ4n) is 4.60. The summed E-state index contributed by atoms with van der Waals surface area (Å²) < 4.78 is 50.9. The predicted octanol–water partition coefficient (Wildman–Crippen LogP) is 1.97. The normalized spacial score (nSPS) is 14.8. The van der Waals surface area contributed by atoms with Gasteiger partial charge < -0.3 is 4.90 Å². The molecule has 10 nitrogen and oxygen atoms in total. The number of nitrogens with zero attached hydrogens (tertiary/aromatic N) is 3. The van der Waals surface area contributed by atoms with Crippen molar-refractivity contribution in [2.75, 3.05) is 17.2 Å². The maximum absolute atomic E-state index is 14.2. The van der Waals surface area contributed by atoms with Crippen molar-refractivity contribution in [1.82, 2.24) is 9.88 Å². The number of pyridine rings is 1. The number of thioether (sulfide) groups is 1. The predicted molar refractivity (Wildman–Crippen MR) is 160 cm³/mol. The molecule has 0 fully saturated rings. The summed E-state index contributed by atoms with van der Waals surface area (Å²) in [7, 11) is -4.18. The van der Waals surface area contributed by atoms with E-state index in [0.29, 0.717) is 45.8 Å². The molecule has 0 spiro atoms. The molecule has 42 heavy (non-hydrogen) atoms. The molecule has 0 saturated carbocycles. The Morgan fingerprint density at radius 3 is 2.67 bits per heavy atom. The Morgan fingerprint density at radius 1 is 1.17 bits per heavy atom. The highest BCUT2D eigenvalue weighted by Gasteiger charge is 2.28. The summed E-state index contributed by atoms with van der Waals surface area (Å²) in [6.45, 7) is 4.40. The highest BCUT2D eigenvalue weighted by molar-refractivity contribution is 8.08. The van der Waals surface area contributed by atoms with Crippen LogP contribution < -0.4 is 29.5 Å². The second kappa shape index (κ2) is 13.8. The van der Waals surface area contributed by atoms with E-state index in [2.05, 4.69) is 5.32 Å². The number of fused-ring (bicyclic) bond motifs is 1. The number of amides is 2. The van der Waals surface area contributed by atoms with Gasteiger partial charge in [0.25, 0.3) is 15.7 Å². The maximum Gasteiger partial charge on any atom is 0.271 e. The van der Waals surface area contributed by atoms with Gasteiger partial charge in [-0.25, -0.2) is 4.39 Å². The number of aryl methyl sites for hydroxylation is 1. The number of carbonyl (C=O) groups excluding carboxylic acids is 2. The van der Waals surface area contributed by atoms with Gasteiger partial charge in [0.1, 0.15) is 26.6 Å². The van der Waals surface area contributed by atoms with Gasteiger partial charge in [0.15, 0.2) is 6.20 Å². The van der Waals surface area contributed by atoms with Crippen LogP contribution in [0.5, 0.6) is 0 Å². The van der Waals surface area contributed by atoms with Crippen LogP contribution in [0, 0.1) is 5.82 Å². The minimum Gasteiger partial charge on any atom is -0.334 e. The minimum absolute atomic E-state index is 0.0889. The van der Waals surface area contributed by atoms with Gasteiger partial charge >= 0.3 is 0 Å². The SMILES string of the molecule is CCn1c(=O)/c(=C2/Sc3ccc(F)cc3N2CCCS(=O)(=O)O)s/c1=C/c1cccc[n+]1CCCCC(=O)NC(C)=O. The van der Waals surface area contributed by atoms with E-state index < -0.39 is 21.7 Å². The lowest BCUT2D eigenvalue weighted by Crippen LogP contribution is -2.38. The molecule has 14 heteroatoms. The number of aromatic nitrogens is 2. The Kier molecular flexibility index (Phi) is 10.4. The number of thiazole rings is 1. The van der Waals surface area contributed by atoms with Crippen LogP contribution in [-0.4, -0.2) is 41.6 Å². The molecular formula is C28H32FN4O6S3+. The van der Waals surface area contributed by atoms with Crippen molar-refractivity contribution in [3.63, 3.8) is 0 Å². The van der Waals surface area contributed by atoms with E-state index in [9.17, 15) is 31.7 Å². The second-order valence-electron chi connectivity index (χ2n) is 9.65. The highest BCUT2D eigenvalue weighted by atomic mass is 32.2. The van der Waals surface area contributed by atoms with Gasteiger partial charge in [-0.15, -0.1) is 11.3 Å². The molecule has 224 valence electrons. The van der Waals surface area contributed by atoms with Crippen molar-refractivity contribution in [2.45, 2.75) is 57.5 Å². The molecule has 0 radical (unpaired) electrons. The van der Waals surface area contributed by atoms with Crippen molar-refractivity contribution in [3.8, 4) is 0 Å². The molecule has 2 aromatic heterocycles. The van der Waals surface area contributed by atoms with E-state index >= 15 is 0 Å². The molecule has 2 amide bonds. The van der Waals surface area contributed by atoms with Crippen LogP contribution in [0.15, 0.2) is 52.3 Å². The molecule has 0 unspecified atom stereocenters. The Morgan fingerprint density at radius 2 is 1.95 bits per heavy atom. The average Bonchev–Trinajstić information content (AvgIpc) is 3.42. The third-order valence-corrected chi connectivity index (χ3v) is 9.72. The third kappa shape index (κ3) is 7.94. The zero-order valence-electron chi connectivity index (χ0n) is 23.2. The van der Waals surface area contributed by atoms with Gasteiger partial charge in [-0.1, -0.05) is 11.8 Å². The standard InChI is InChI=1S/C28H31FN4O6S3/c1-3-32-25(18-21-9-4-6-13-31(21)14-7-5-10-24(35)30-19(2)34)41-26(27(32)36)28-33(15-8-16-42(37,38)39)22-17-20(29)11-12-23(22)40-28/h4,6,9,11-13,17-18H,3,5,7-8,10,14-16H2,1-2H3,(H-,30,34,35,37,38,39)/p+1/b28-26-. The van der Waals surface area contributed by atoms with Gasteiger partial charge in [-0.2, -0.15) is 13.0 Å². The first-order valence-electron chi connectivity index (χ1n) is 13.4. The van der Waals surface area contributed by atoms with E-state index in [1.54, 1.807) is 15.5 Å². The quantitative estimate of drug-likeness (QED) is 0.186. The molecule has 3 aromatic rings. The van der Waals surface area contributed by atoms with Crippen LogP contribution in [0.4, 0.5) is 10.1 Å². The molecule has 1 aromatic carbocycles. The summed E-state index contributed by atoms with van der Waals surface area (Å²) in [4.78, 5) is 38.9. The monoisotopic (exact) mass is 635 g/mol. The summed E-state index contributed by atoms with van der Waals surface area (Å²) >= 11 is 2.63. The number of halogens is 1. The molecule has 4 rings (SSSR count). The number of hydrogen-bond acceptors (Lipinski definition) is 8. The van der Waals surface area contributed by atoms with Crippen LogP contribution in [0.1, 0.15) is 45.2 Å². The molecule has 1 aliphatic heterocycles. The topological polar surface area (TPSA) is 130 Å². The molecule has 0 atom stereocenters. The number of imide groups is 1. The largest absolute Gasteiger partial charge is 0.334 e. The summed E-state index contributed by atoms with van der Waals surface area (Å²) in [6, 6.07) is 10.1. The fraction of sp³-hybridized carbons (Fsp3) is 0.357. The zero-order chi connectivity index (χ0) is 30.4. The van der Waals surface area contributed by atoms with Gasteiger partial charge in [-0.3, -0.25) is 28.8 Å². The molecule has 0 saturated heterocycles. The first kappa shape index (κ1) is 31.6. The highest BCUT2D eigenvalue weighted by Crippen LogP contribution is 2.46. The van der Waals surface area contributed by atoms with Crippen molar-refractivity contribution >= 4 is 61.8 Å². The number of nitrogens with one attached hydrogen (secondary N) is 1. The van der Waals surface area contributed by atoms with Crippen LogP contribution in [0.25, 0.3) is 11.1 Å². The van der Waals surface area contributed by atoms with E-state index in [1.807, 2.05) is 42.0 Å². The second-order valence-corrected chi connectivity index (χ2v) is 13.3. The van der Waals surface area contributed by atoms with Crippen molar-refractivity contribution in [2.24, 2.45) is 0 Å². The number of hydrogen-bond donors (Lipinski definition) is 2. The fourth-order valence-corrected chi connectivity index (χ4v) is 7.55. The van der Waals surface area contributed by atoms with Gasteiger partial charge in [0, 0.05) is 56.0 Å². The van der Waals surface area contributed by atoms with Gasteiger partial charge in [0.05, 0.1) is 11.4 Å². The zero-order valence-corrected chi connectivity index (χ0v) is 25.7. The smallest absolute Gasteiger partial charge is 0.271 e. The van der Waals surface area contributed by atoms with Crippen LogP contribution >= 0.6 is 23.1 Å². The number of anilines is 1. The van der Waals surface area contributed by atoms with Gasteiger partial charge in [-0.05, 0) is 44.0 Å². The van der Waals surface area contributed by atoms with Crippen LogP contribution in [0.2, 0.25) is 0 Å². The molecule has 0 bridgehead atoms. The van der Waals surface area contributed by atoms with E-state index in [0.717, 1.165) is 10.6 Å². The van der Waals surface area contributed by atoms with Crippen molar-refractivity contribution in [3.05, 3.63) is 73.7 Å². The number of carbonyl (C=O) groups is 2. The first-order chi connectivity index (χ1) is 20.0. The van der Waals surface area contributed by atoms with Crippen molar-refractivity contribution < 1.29 is 31.5 Å². The lowest BCUT2D eigenvalue weighted by atomic mass is 10.2. The van der Waals surface area contributed by atoms with Crippen LogP contribution in [0.3, 0.4) is 0 Å². The molecule has 1 aliphatic rings. The Bertz CT molecular complexity index is 1790. The Hall–Kier alpha value is -3.33. The summed E-state index contributed by atoms with van der Waals surface area (Å²) in [5.74, 6) is -1.58. The van der Waals surface area contributed by atoms with Crippen LogP contribution in [-0.2, 0) is 32.8 Å². The summed E-state index contributed by atoms with van der Waals surface area (Å²) in [6.07, 6.45) is 5.50. The van der Waals surface area contributed by atoms with E-state index in [4.69, 9.17) is 0 Å². The Labute approximate surface area is 250 Å². The van der Waals surface area contributed by atoms with E-state index in [1.165, 1.54) is 42.2 Å². The first-order valence-corrected chi connectivity index (χ1v) is 16.7. The average molecular weight is 636 g/mol. The molecule has 0 aliphatic carbocycles. The number of unbranched alkanes of at least 4 members (excludes halogenated alkanes) is 1. The summed E-state index contributed by atoms with van der Waals surface area (Å²) in [5, 5.41) is 2.86. The number of benzene rings is 1. The minimum atomic E-state index is -4.18. The molecule has 2 N–H and O–H groups in total. The molecule has 3 heterocycles. The molecular weight excluding hydrogens is 604 g/mol. The lowest BCUT2D eigenvalue weighted by molar-refractivity contribution is -0.699. The maximum atomic E-state index is 14.2. The Balaban J connectivity index is 1.69. The lowest BCUT2D eigenvalue weighted by Gasteiger charge is -2.19. The summed E-state index contributed by atoms with van der Waals surface area (Å²) in [5.41, 5.74) is 1.20.